The third-order valence-corrected chi connectivity index (χ3v) is 4.84. The van der Waals surface area contributed by atoms with E-state index in [9.17, 15) is 9.90 Å². The second-order valence-corrected chi connectivity index (χ2v) is 6.99. The molecule has 1 aromatic heterocycles. The van der Waals surface area contributed by atoms with Crippen molar-refractivity contribution in [1.82, 2.24) is 14.8 Å². The lowest BCUT2D eigenvalue weighted by Crippen LogP contribution is -2.05. The molecule has 1 heterocycles. The number of carboxylic acids is 1. The standard InChI is InChI=1S/C26H21N3O2/c1-2-3-13-24-27-25(21-9-5-4-6-10-21)28-29(24)18-19-14-16-20(17-15-19)22-11-7-8-12-23(22)26(30)31/h4-12,14-17H,2,18H2,1H3,(H,30,31). The first-order valence-corrected chi connectivity index (χ1v) is 10.1. The summed E-state index contributed by atoms with van der Waals surface area (Å²) in [6, 6.07) is 24.7. The van der Waals surface area contributed by atoms with E-state index in [-0.39, 0.29) is 5.56 Å². The third kappa shape index (κ3) is 4.54. The summed E-state index contributed by atoms with van der Waals surface area (Å²) in [5, 5.41) is 14.1. The number of hydrogen-bond donors (Lipinski definition) is 1. The Morgan fingerprint density at radius 2 is 1.65 bits per heavy atom. The molecule has 0 aliphatic heterocycles. The van der Waals surface area contributed by atoms with Gasteiger partial charge in [0.25, 0.3) is 0 Å². The predicted molar refractivity (Wildman–Crippen MR) is 121 cm³/mol. The molecule has 0 aliphatic carbocycles. The largest absolute Gasteiger partial charge is 0.478 e. The zero-order chi connectivity index (χ0) is 21.6. The van der Waals surface area contributed by atoms with E-state index in [1.807, 2.05) is 78.3 Å². The average Bonchev–Trinajstić information content (AvgIpc) is 3.21. The molecule has 4 aromatic rings. The molecule has 0 saturated heterocycles. The van der Waals surface area contributed by atoms with Gasteiger partial charge >= 0.3 is 5.97 Å². The van der Waals surface area contributed by atoms with Gasteiger partial charge in [-0.15, -0.1) is 5.10 Å². The van der Waals surface area contributed by atoms with Crippen molar-refractivity contribution in [2.24, 2.45) is 0 Å². The topological polar surface area (TPSA) is 68.0 Å². The first kappa shape index (κ1) is 20.1. The second kappa shape index (κ2) is 9.10. The van der Waals surface area contributed by atoms with Gasteiger partial charge in [0.1, 0.15) is 0 Å². The Morgan fingerprint density at radius 1 is 0.935 bits per heavy atom. The molecule has 5 nitrogen and oxygen atoms in total. The summed E-state index contributed by atoms with van der Waals surface area (Å²) < 4.78 is 1.81. The summed E-state index contributed by atoms with van der Waals surface area (Å²) in [4.78, 5) is 16.1. The van der Waals surface area contributed by atoms with Crippen molar-refractivity contribution in [3.8, 4) is 34.4 Å². The maximum Gasteiger partial charge on any atom is 0.336 e. The van der Waals surface area contributed by atoms with Crippen LogP contribution in [0.3, 0.4) is 0 Å². The van der Waals surface area contributed by atoms with Crippen LogP contribution in [0, 0.1) is 11.8 Å². The number of hydrogen-bond acceptors (Lipinski definition) is 3. The van der Waals surface area contributed by atoms with E-state index in [1.54, 1.807) is 12.1 Å². The lowest BCUT2D eigenvalue weighted by Gasteiger charge is -2.08. The van der Waals surface area contributed by atoms with E-state index in [0.29, 0.717) is 23.8 Å². The normalized spacial score (nSPS) is 10.4. The number of carboxylic acid groups (broad SMARTS) is 1. The zero-order valence-electron chi connectivity index (χ0n) is 17.1. The monoisotopic (exact) mass is 407 g/mol. The molecule has 152 valence electrons. The van der Waals surface area contributed by atoms with Gasteiger partial charge in [0.15, 0.2) is 5.82 Å². The highest BCUT2D eigenvalue weighted by molar-refractivity contribution is 5.95. The number of aromatic carboxylic acids is 1. The van der Waals surface area contributed by atoms with Crippen molar-refractivity contribution in [2.45, 2.75) is 19.9 Å². The van der Waals surface area contributed by atoms with Crippen LogP contribution in [0.4, 0.5) is 0 Å². The molecule has 0 saturated carbocycles. The number of aromatic nitrogens is 3. The van der Waals surface area contributed by atoms with Gasteiger partial charge in [-0.3, -0.25) is 0 Å². The lowest BCUT2D eigenvalue weighted by atomic mass is 9.99. The van der Waals surface area contributed by atoms with Crippen LogP contribution in [0.2, 0.25) is 0 Å². The van der Waals surface area contributed by atoms with Crippen molar-refractivity contribution in [2.75, 3.05) is 0 Å². The first-order valence-electron chi connectivity index (χ1n) is 10.1. The van der Waals surface area contributed by atoms with Crippen LogP contribution in [0.15, 0.2) is 78.9 Å². The minimum absolute atomic E-state index is 0.288. The Kier molecular flexibility index (Phi) is 5.91. The smallest absolute Gasteiger partial charge is 0.336 e. The zero-order valence-corrected chi connectivity index (χ0v) is 17.1. The molecule has 1 N–H and O–H groups in total. The number of rotatable bonds is 5. The molecular weight excluding hydrogens is 386 g/mol. The highest BCUT2D eigenvalue weighted by atomic mass is 16.4. The fourth-order valence-corrected chi connectivity index (χ4v) is 3.31. The molecule has 0 unspecified atom stereocenters. The van der Waals surface area contributed by atoms with Crippen LogP contribution >= 0.6 is 0 Å². The van der Waals surface area contributed by atoms with Crippen LogP contribution in [-0.2, 0) is 6.54 Å². The van der Waals surface area contributed by atoms with Gasteiger partial charge in [0.2, 0.25) is 5.82 Å². The highest BCUT2D eigenvalue weighted by Gasteiger charge is 2.12. The molecule has 0 fully saturated rings. The Bertz CT molecular complexity index is 1260. The molecule has 3 aromatic carbocycles. The van der Waals surface area contributed by atoms with E-state index >= 15 is 0 Å². The van der Waals surface area contributed by atoms with Gasteiger partial charge in [0, 0.05) is 12.0 Å². The van der Waals surface area contributed by atoms with Gasteiger partial charge in [-0.1, -0.05) is 85.6 Å². The molecule has 31 heavy (non-hydrogen) atoms. The van der Waals surface area contributed by atoms with Gasteiger partial charge in [-0.05, 0) is 28.7 Å². The Morgan fingerprint density at radius 3 is 2.35 bits per heavy atom. The van der Waals surface area contributed by atoms with Crippen molar-refractivity contribution in [1.29, 1.82) is 0 Å². The van der Waals surface area contributed by atoms with Gasteiger partial charge in [0.05, 0.1) is 12.1 Å². The Hall–Kier alpha value is -4.17. The van der Waals surface area contributed by atoms with Crippen LogP contribution in [0.1, 0.15) is 35.1 Å². The Balaban J connectivity index is 1.64. The van der Waals surface area contributed by atoms with E-state index < -0.39 is 5.97 Å². The maximum absolute atomic E-state index is 11.5. The minimum Gasteiger partial charge on any atom is -0.478 e. The van der Waals surface area contributed by atoms with Gasteiger partial charge < -0.3 is 5.11 Å². The molecule has 0 radical (unpaired) electrons. The molecular formula is C26H21N3O2. The summed E-state index contributed by atoms with van der Waals surface area (Å²) in [5.74, 6) is 6.52. The quantitative estimate of drug-likeness (QED) is 0.466. The van der Waals surface area contributed by atoms with Crippen molar-refractivity contribution in [3.63, 3.8) is 0 Å². The summed E-state index contributed by atoms with van der Waals surface area (Å²) in [5.41, 5.74) is 3.82. The second-order valence-electron chi connectivity index (χ2n) is 6.99. The van der Waals surface area contributed by atoms with E-state index in [1.165, 1.54) is 0 Å². The van der Waals surface area contributed by atoms with Crippen molar-refractivity contribution in [3.05, 3.63) is 95.8 Å². The van der Waals surface area contributed by atoms with E-state index in [2.05, 4.69) is 21.9 Å². The SMILES string of the molecule is CCC#Cc1nc(-c2ccccc2)nn1Cc1ccc(-c2ccccc2C(=O)O)cc1. The first-order chi connectivity index (χ1) is 15.2. The molecule has 0 aliphatic rings. The van der Waals surface area contributed by atoms with Crippen LogP contribution in [0.5, 0.6) is 0 Å². The Labute approximate surface area is 181 Å². The molecule has 0 bridgehead atoms. The lowest BCUT2D eigenvalue weighted by molar-refractivity contribution is 0.0697. The predicted octanol–water partition coefficient (Wildman–Crippen LogP) is 5.12. The maximum atomic E-state index is 11.5. The minimum atomic E-state index is -0.935. The summed E-state index contributed by atoms with van der Waals surface area (Å²) in [6.07, 6.45) is 0.741. The third-order valence-electron chi connectivity index (χ3n) is 4.84. The summed E-state index contributed by atoms with van der Waals surface area (Å²) in [6.45, 7) is 2.52. The fraction of sp³-hybridized carbons (Fsp3) is 0.115. The summed E-state index contributed by atoms with van der Waals surface area (Å²) >= 11 is 0. The average molecular weight is 407 g/mol. The summed E-state index contributed by atoms with van der Waals surface area (Å²) in [7, 11) is 0. The number of benzene rings is 3. The van der Waals surface area contributed by atoms with Crippen molar-refractivity contribution < 1.29 is 9.90 Å². The number of nitrogens with zero attached hydrogens (tertiary/aromatic N) is 3. The van der Waals surface area contributed by atoms with E-state index in [0.717, 1.165) is 23.1 Å². The fourth-order valence-electron chi connectivity index (χ4n) is 3.31. The van der Waals surface area contributed by atoms with Crippen LogP contribution in [0.25, 0.3) is 22.5 Å². The molecule has 0 amide bonds. The number of carbonyl (C=O) groups is 1. The highest BCUT2D eigenvalue weighted by Crippen LogP contribution is 2.24. The molecule has 5 heteroatoms. The van der Waals surface area contributed by atoms with Crippen LogP contribution < -0.4 is 0 Å². The van der Waals surface area contributed by atoms with E-state index in [4.69, 9.17) is 0 Å². The molecule has 4 rings (SSSR count). The molecule has 0 spiro atoms. The van der Waals surface area contributed by atoms with Gasteiger partial charge in [-0.2, -0.15) is 4.98 Å². The van der Waals surface area contributed by atoms with Crippen molar-refractivity contribution >= 4 is 5.97 Å². The van der Waals surface area contributed by atoms with Crippen LogP contribution in [-0.4, -0.2) is 25.8 Å². The van der Waals surface area contributed by atoms with Gasteiger partial charge in [-0.25, -0.2) is 9.48 Å². The molecule has 0 atom stereocenters.